The first-order valence-electron chi connectivity index (χ1n) is 7.45. The Hall–Kier alpha value is -1.85. The molecule has 0 fully saturated rings. The van der Waals surface area contributed by atoms with Gasteiger partial charge in [0.2, 0.25) is 0 Å². The van der Waals surface area contributed by atoms with Gasteiger partial charge in [-0.2, -0.15) is 0 Å². The molecule has 0 aliphatic heterocycles. The monoisotopic (exact) mass is 376 g/mol. The highest BCUT2D eigenvalue weighted by atomic mass is 79.9. The molecule has 122 valence electrons. The van der Waals surface area contributed by atoms with Gasteiger partial charge in [0.15, 0.2) is 0 Å². The molecule has 2 aromatic rings. The Morgan fingerprint density at radius 1 is 1.22 bits per heavy atom. The van der Waals surface area contributed by atoms with Crippen LogP contribution in [0.15, 0.2) is 53.0 Å². The molecule has 4 nitrogen and oxygen atoms in total. The quantitative estimate of drug-likeness (QED) is 0.809. The highest BCUT2D eigenvalue weighted by Crippen LogP contribution is 2.20. The number of nitrogens with zero attached hydrogens (tertiary/aromatic N) is 1. The molecule has 0 spiro atoms. The third-order valence-corrected chi connectivity index (χ3v) is 3.99. The number of amides is 2. The van der Waals surface area contributed by atoms with Gasteiger partial charge in [0, 0.05) is 30.4 Å². The van der Waals surface area contributed by atoms with Crippen molar-refractivity contribution >= 4 is 27.6 Å². The summed E-state index contributed by atoms with van der Waals surface area (Å²) in [6.07, 6.45) is 0. The summed E-state index contributed by atoms with van der Waals surface area (Å²) in [5, 5.41) is 2.98. The van der Waals surface area contributed by atoms with Crippen LogP contribution < -0.4 is 5.32 Å². The lowest BCUT2D eigenvalue weighted by molar-refractivity contribution is 0.153. The molecule has 0 bridgehead atoms. The molecular formula is C18H21BrN2O2. The van der Waals surface area contributed by atoms with E-state index in [4.69, 9.17) is 4.74 Å². The van der Waals surface area contributed by atoms with Gasteiger partial charge in [0.05, 0.1) is 6.61 Å². The van der Waals surface area contributed by atoms with E-state index >= 15 is 0 Å². The fourth-order valence-electron chi connectivity index (χ4n) is 2.22. The van der Waals surface area contributed by atoms with E-state index in [0.717, 1.165) is 21.3 Å². The molecule has 2 rings (SSSR count). The molecule has 0 heterocycles. The first-order valence-corrected chi connectivity index (χ1v) is 8.24. The molecule has 0 atom stereocenters. The number of rotatable bonds is 6. The van der Waals surface area contributed by atoms with E-state index in [9.17, 15) is 4.79 Å². The number of ether oxygens (including phenoxy) is 1. The van der Waals surface area contributed by atoms with E-state index in [2.05, 4.69) is 21.2 Å². The third-order valence-electron chi connectivity index (χ3n) is 3.50. The molecule has 23 heavy (non-hydrogen) atoms. The molecule has 0 aliphatic rings. The predicted molar refractivity (Wildman–Crippen MR) is 96.6 cm³/mol. The minimum atomic E-state index is -0.128. The van der Waals surface area contributed by atoms with E-state index < -0.39 is 0 Å². The lowest BCUT2D eigenvalue weighted by Gasteiger charge is -2.23. The maximum absolute atomic E-state index is 12.6. The summed E-state index contributed by atoms with van der Waals surface area (Å²) in [7, 11) is 1.64. The van der Waals surface area contributed by atoms with Gasteiger partial charge >= 0.3 is 6.03 Å². The Morgan fingerprint density at radius 3 is 2.61 bits per heavy atom. The number of methoxy groups -OCH3 is 1. The zero-order valence-corrected chi connectivity index (χ0v) is 15.0. The molecule has 0 aromatic heterocycles. The molecule has 5 heteroatoms. The first-order chi connectivity index (χ1) is 11.1. The Labute approximate surface area is 145 Å². The van der Waals surface area contributed by atoms with Crippen molar-refractivity contribution in [2.24, 2.45) is 0 Å². The van der Waals surface area contributed by atoms with Crippen molar-refractivity contribution in [2.45, 2.75) is 13.5 Å². The highest BCUT2D eigenvalue weighted by molar-refractivity contribution is 9.10. The molecule has 0 aliphatic carbocycles. The van der Waals surface area contributed by atoms with Gasteiger partial charge in [0.25, 0.3) is 0 Å². The minimum Gasteiger partial charge on any atom is -0.383 e. The fourth-order valence-corrected chi connectivity index (χ4v) is 2.69. The topological polar surface area (TPSA) is 41.6 Å². The summed E-state index contributed by atoms with van der Waals surface area (Å²) in [6, 6.07) is 15.6. The van der Waals surface area contributed by atoms with Crippen molar-refractivity contribution in [3.8, 4) is 0 Å². The van der Waals surface area contributed by atoms with Crippen molar-refractivity contribution in [2.75, 3.05) is 25.6 Å². The molecule has 0 saturated heterocycles. The van der Waals surface area contributed by atoms with Crippen molar-refractivity contribution < 1.29 is 9.53 Å². The van der Waals surface area contributed by atoms with Crippen LogP contribution in [-0.2, 0) is 11.3 Å². The number of halogens is 1. The predicted octanol–water partition coefficient (Wildman–Crippen LogP) is 4.44. The van der Waals surface area contributed by atoms with Crippen LogP contribution in [-0.4, -0.2) is 31.2 Å². The maximum Gasteiger partial charge on any atom is 0.322 e. The zero-order valence-electron chi connectivity index (χ0n) is 13.4. The Kier molecular flexibility index (Phi) is 6.62. The molecule has 2 amide bonds. The Bertz CT molecular complexity index is 647. The number of benzene rings is 2. The lowest BCUT2D eigenvalue weighted by Crippen LogP contribution is -2.37. The second-order valence-electron chi connectivity index (χ2n) is 5.29. The van der Waals surface area contributed by atoms with Gasteiger partial charge in [-0.15, -0.1) is 0 Å². The molecule has 0 saturated carbocycles. The van der Waals surface area contributed by atoms with Crippen molar-refractivity contribution in [1.82, 2.24) is 4.90 Å². The van der Waals surface area contributed by atoms with E-state index in [1.54, 1.807) is 12.0 Å². The molecule has 1 N–H and O–H groups in total. The number of urea groups is 1. The summed E-state index contributed by atoms with van der Waals surface area (Å²) in [5.74, 6) is 0. The Balaban J connectivity index is 2.09. The lowest BCUT2D eigenvalue weighted by atomic mass is 10.2. The van der Waals surface area contributed by atoms with E-state index in [-0.39, 0.29) is 6.03 Å². The minimum absolute atomic E-state index is 0.128. The van der Waals surface area contributed by atoms with Crippen LogP contribution in [0.2, 0.25) is 0 Å². The average molecular weight is 377 g/mol. The van der Waals surface area contributed by atoms with Crippen LogP contribution in [0.5, 0.6) is 0 Å². The van der Waals surface area contributed by atoms with E-state index in [1.165, 1.54) is 0 Å². The van der Waals surface area contributed by atoms with Gasteiger partial charge < -0.3 is 15.0 Å². The summed E-state index contributed by atoms with van der Waals surface area (Å²) in [6.45, 7) is 3.55. The van der Waals surface area contributed by atoms with Gasteiger partial charge in [-0.25, -0.2) is 4.79 Å². The fraction of sp³-hybridized carbons (Fsp3) is 0.278. The number of nitrogens with one attached hydrogen (secondary N) is 1. The average Bonchev–Trinajstić information content (AvgIpc) is 2.55. The van der Waals surface area contributed by atoms with Crippen LogP contribution >= 0.6 is 15.9 Å². The number of carbonyl (C=O) groups excluding carboxylic acids is 1. The second-order valence-corrected chi connectivity index (χ2v) is 6.21. The molecule has 0 unspecified atom stereocenters. The maximum atomic E-state index is 12.6. The Morgan fingerprint density at radius 2 is 1.96 bits per heavy atom. The number of hydrogen-bond donors (Lipinski definition) is 1. The van der Waals surface area contributed by atoms with Crippen molar-refractivity contribution in [3.63, 3.8) is 0 Å². The number of hydrogen-bond acceptors (Lipinski definition) is 2. The number of carbonyl (C=O) groups is 1. The summed E-state index contributed by atoms with van der Waals surface area (Å²) in [5.41, 5.74) is 2.92. The molecule has 2 aromatic carbocycles. The van der Waals surface area contributed by atoms with Crippen LogP contribution in [0, 0.1) is 6.92 Å². The summed E-state index contributed by atoms with van der Waals surface area (Å²) >= 11 is 3.43. The van der Waals surface area contributed by atoms with Gasteiger partial charge in [0.1, 0.15) is 0 Å². The zero-order chi connectivity index (χ0) is 16.7. The summed E-state index contributed by atoms with van der Waals surface area (Å²) in [4.78, 5) is 14.4. The van der Waals surface area contributed by atoms with Crippen LogP contribution in [0.25, 0.3) is 0 Å². The van der Waals surface area contributed by atoms with Gasteiger partial charge in [-0.05, 0) is 36.2 Å². The smallest absolute Gasteiger partial charge is 0.322 e. The SMILES string of the molecule is COCCN(Cc1ccccc1)C(=O)Nc1ccc(Br)cc1C. The van der Waals surface area contributed by atoms with Gasteiger partial charge in [-0.1, -0.05) is 46.3 Å². The summed E-state index contributed by atoms with van der Waals surface area (Å²) < 4.78 is 6.12. The largest absolute Gasteiger partial charge is 0.383 e. The van der Waals surface area contributed by atoms with Crippen LogP contribution in [0.4, 0.5) is 10.5 Å². The number of aryl methyl sites for hydroxylation is 1. The normalized spacial score (nSPS) is 10.4. The van der Waals surface area contributed by atoms with Crippen molar-refractivity contribution in [3.05, 3.63) is 64.1 Å². The third kappa shape index (κ3) is 5.37. The first kappa shape index (κ1) is 17.5. The molecule has 0 radical (unpaired) electrons. The van der Waals surface area contributed by atoms with Crippen LogP contribution in [0.1, 0.15) is 11.1 Å². The van der Waals surface area contributed by atoms with E-state index in [1.807, 2.05) is 55.5 Å². The second kappa shape index (κ2) is 8.70. The molecular weight excluding hydrogens is 356 g/mol. The highest BCUT2D eigenvalue weighted by Gasteiger charge is 2.15. The standard InChI is InChI=1S/C18H21BrN2O2/c1-14-12-16(19)8-9-17(14)20-18(22)21(10-11-23-2)13-15-6-4-3-5-7-15/h3-9,12H,10-11,13H2,1-2H3,(H,20,22). The number of anilines is 1. The van der Waals surface area contributed by atoms with E-state index in [0.29, 0.717) is 19.7 Å². The van der Waals surface area contributed by atoms with Gasteiger partial charge in [-0.3, -0.25) is 0 Å². The van der Waals surface area contributed by atoms with Crippen molar-refractivity contribution in [1.29, 1.82) is 0 Å². The van der Waals surface area contributed by atoms with Crippen LogP contribution in [0.3, 0.4) is 0 Å².